The maximum Gasteiger partial charge on any atom is 0.262 e. The van der Waals surface area contributed by atoms with Gasteiger partial charge in [-0.15, -0.1) is 0 Å². The summed E-state index contributed by atoms with van der Waals surface area (Å²) in [6.07, 6.45) is 0.127. The van der Waals surface area contributed by atoms with Gasteiger partial charge in [0.25, 0.3) is 11.8 Å². The fraction of sp³-hybridized carbons (Fsp3) is 0.474. The number of carbonyl (C=O) groups is 4. The van der Waals surface area contributed by atoms with Crippen LogP contribution in [-0.4, -0.2) is 60.7 Å². The average molecular weight is 386 g/mol. The van der Waals surface area contributed by atoms with E-state index in [4.69, 9.17) is 0 Å². The fourth-order valence-electron chi connectivity index (χ4n) is 4.77. The molecule has 3 saturated heterocycles. The summed E-state index contributed by atoms with van der Waals surface area (Å²) in [6, 6.07) is 1.49. The van der Waals surface area contributed by atoms with E-state index in [1.165, 1.54) is 6.07 Å². The Balaban J connectivity index is 1.46. The van der Waals surface area contributed by atoms with Crippen LogP contribution in [0.15, 0.2) is 12.1 Å². The topological polar surface area (TPSA) is 98.8 Å². The molecule has 28 heavy (non-hydrogen) atoms. The predicted octanol–water partition coefficient (Wildman–Crippen LogP) is -0.117. The second-order valence-corrected chi connectivity index (χ2v) is 7.88. The summed E-state index contributed by atoms with van der Waals surface area (Å²) >= 11 is 0. The second-order valence-electron chi connectivity index (χ2n) is 7.88. The number of fused-ring (bicyclic) bond motifs is 2. The van der Waals surface area contributed by atoms with Gasteiger partial charge in [-0.1, -0.05) is 0 Å². The molecule has 0 saturated carbocycles. The van der Waals surface area contributed by atoms with Crippen molar-refractivity contribution in [1.29, 1.82) is 0 Å². The van der Waals surface area contributed by atoms with Crippen molar-refractivity contribution in [2.45, 2.75) is 18.9 Å². The molecule has 4 aliphatic heterocycles. The van der Waals surface area contributed by atoms with E-state index in [0.717, 1.165) is 24.1 Å². The summed E-state index contributed by atoms with van der Waals surface area (Å²) in [7, 11) is 0. The quantitative estimate of drug-likeness (QED) is 0.688. The Bertz CT molecular complexity index is 921. The number of nitrogens with zero attached hydrogens (tertiary/aromatic N) is 2. The number of amides is 4. The standard InChI is InChI=1S/C19H19FN4O4/c20-13-3-11-12(4-15(13)23-7-9-5-21-6-10(9)8-23)19(28)24(18(11)27)14-1-2-16(25)22-17(14)26/h3-4,9-10,14,21H,1-2,5-8H2,(H,22,25,26). The minimum atomic E-state index is -1.05. The van der Waals surface area contributed by atoms with Crippen LogP contribution in [0.3, 0.4) is 0 Å². The molecule has 3 fully saturated rings. The first-order valence-electron chi connectivity index (χ1n) is 9.45. The molecular weight excluding hydrogens is 367 g/mol. The molecule has 0 radical (unpaired) electrons. The van der Waals surface area contributed by atoms with Crippen molar-refractivity contribution in [3.8, 4) is 0 Å². The van der Waals surface area contributed by atoms with Crippen molar-refractivity contribution in [2.75, 3.05) is 31.1 Å². The van der Waals surface area contributed by atoms with Crippen LogP contribution in [-0.2, 0) is 9.59 Å². The van der Waals surface area contributed by atoms with E-state index in [0.29, 0.717) is 30.6 Å². The molecule has 3 atom stereocenters. The number of piperidine rings is 1. The monoisotopic (exact) mass is 386 g/mol. The number of imide groups is 2. The lowest BCUT2D eigenvalue weighted by Gasteiger charge is -2.27. The van der Waals surface area contributed by atoms with E-state index in [9.17, 15) is 23.6 Å². The minimum Gasteiger partial charge on any atom is -0.368 e. The summed E-state index contributed by atoms with van der Waals surface area (Å²) in [5.74, 6) is -2.06. The zero-order valence-corrected chi connectivity index (χ0v) is 15.0. The molecule has 3 unspecified atom stereocenters. The van der Waals surface area contributed by atoms with Gasteiger partial charge in [0.1, 0.15) is 11.9 Å². The fourth-order valence-corrected chi connectivity index (χ4v) is 4.77. The number of carbonyl (C=O) groups excluding carboxylic acids is 4. The maximum atomic E-state index is 14.8. The molecule has 1 aromatic rings. The van der Waals surface area contributed by atoms with Gasteiger partial charge in [-0.2, -0.15) is 0 Å². The van der Waals surface area contributed by atoms with Crippen molar-refractivity contribution in [2.24, 2.45) is 11.8 Å². The molecule has 4 aliphatic rings. The highest BCUT2D eigenvalue weighted by molar-refractivity contribution is 6.23. The van der Waals surface area contributed by atoms with Crippen molar-refractivity contribution in [3.63, 3.8) is 0 Å². The molecule has 1 aromatic carbocycles. The van der Waals surface area contributed by atoms with Gasteiger partial charge in [-0.05, 0) is 30.4 Å². The third kappa shape index (κ3) is 2.46. The molecule has 0 spiro atoms. The summed E-state index contributed by atoms with van der Waals surface area (Å²) in [5.41, 5.74) is 0.401. The Labute approximate surface area is 160 Å². The molecule has 0 aromatic heterocycles. The van der Waals surface area contributed by atoms with E-state index >= 15 is 0 Å². The van der Waals surface area contributed by atoms with Gasteiger partial charge in [0.2, 0.25) is 11.8 Å². The first-order chi connectivity index (χ1) is 13.4. The first kappa shape index (κ1) is 17.3. The van der Waals surface area contributed by atoms with Crippen LogP contribution >= 0.6 is 0 Å². The Morgan fingerprint density at radius 1 is 0.964 bits per heavy atom. The largest absolute Gasteiger partial charge is 0.368 e. The van der Waals surface area contributed by atoms with Crippen LogP contribution in [0.25, 0.3) is 0 Å². The predicted molar refractivity (Wildman–Crippen MR) is 95.1 cm³/mol. The Morgan fingerprint density at radius 2 is 1.61 bits per heavy atom. The van der Waals surface area contributed by atoms with Crippen molar-refractivity contribution < 1.29 is 23.6 Å². The molecule has 4 heterocycles. The molecule has 146 valence electrons. The molecular formula is C19H19FN4O4. The van der Waals surface area contributed by atoms with E-state index in [2.05, 4.69) is 10.6 Å². The number of anilines is 1. The number of rotatable bonds is 2. The van der Waals surface area contributed by atoms with E-state index in [1.54, 1.807) is 0 Å². The van der Waals surface area contributed by atoms with Crippen LogP contribution in [0.5, 0.6) is 0 Å². The van der Waals surface area contributed by atoms with Gasteiger partial charge < -0.3 is 10.2 Å². The summed E-state index contributed by atoms with van der Waals surface area (Å²) in [4.78, 5) is 51.9. The van der Waals surface area contributed by atoms with E-state index in [1.807, 2.05) is 4.90 Å². The lowest BCUT2D eigenvalue weighted by Crippen LogP contribution is -2.54. The minimum absolute atomic E-state index is 0.0305. The highest BCUT2D eigenvalue weighted by Crippen LogP contribution is 2.36. The van der Waals surface area contributed by atoms with Crippen molar-refractivity contribution in [1.82, 2.24) is 15.5 Å². The molecule has 9 heteroatoms. The van der Waals surface area contributed by atoms with Crippen LogP contribution < -0.4 is 15.5 Å². The summed E-state index contributed by atoms with van der Waals surface area (Å²) < 4.78 is 14.8. The van der Waals surface area contributed by atoms with Crippen molar-refractivity contribution in [3.05, 3.63) is 29.1 Å². The zero-order valence-electron chi connectivity index (χ0n) is 15.0. The van der Waals surface area contributed by atoms with E-state index < -0.39 is 35.5 Å². The van der Waals surface area contributed by atoms with Crippen molar-refractivity contribution >= 4 is 29.3 Å². The second kappa shape index (κ2) is 6.10. The van der Waals surface area contributed by atoms with Gasteiger partial charge >= 0.3 is 0 Å². The van der Waals surface area contributed by atoms with Crippen LogP contribution in [0.4, 0.5) is 10.1 Å². The smallest absolute Gasteiger partial charge is 0.262 e. The first-order valence-corrected chi connectivity index (χ1v) is 9.45. The highest BCUT2D eigenvalue weighted by Gasteiger charge is 2.46. The number of hydrogen-bond donors (Lipinski definition) is 2. The molecule has 8 nitrogen and oxygen atoms in total. The summed E-state index contributed by atoms with van der Waals surface area (Å²) in [6.45, 7) is 3.20. The van der Waals surface area contributed by atoms with Gasteiger partial charge in [-0.25, -0.2) is 4.39 Å². The number of hydrogen-bond acceptors (Lipinski definition) is 6. The van der Waals surface area contributed by atoms with Crippen LogP contribution in [0, 0.1) is 17.7 Å². The van der Waals surface area contributed by atoms with Crippen LogP contribution in [0.1, 0.15) is 33.6 Å². The van der Waals surface area contributed by atoms with Gasteiger partial charge in [0.15, 0.2) is 0 Å². The highest BCUT2D eigenvalue weighted by atomic mass is 19.1. The van der Waals surface area contributed by atoms with Crippen LogP contribution in [0.2, 0.25) is 0 Å². The Morgan fingerprint density at radius 3 is 2.25 bits per heavy atom. The third-order valence-electron chi connectivity index (χ3n) is 6.24. The molecule has 4 amide bonds. The molecule has 5 rings (SSSR count). The van der Waals surface area contributed by atoms with Gasteiger partial charge in [0.05, 0.1) is 16.8 Å². The number of benzene rings is 1. The summed E-state index contributed by atoms with van der Waals surface area (Å²) in [5, 5.41) is 5.48. The lowest BCUT2D eigenvalue weighted by atomic mass is 10.0. The lowest BCUT2D eigenvalue weighted by molar-refractivity contribution is -0.136. The Hall–Kier alpha value is -2.81. The molecule has 0 aliphatic carbocycles. The normalized spacial score (nSPS) is 29.4. The maximum absolute atomic E-state index is 14.8. The number of nitrogens with one attached hydrogen (secondary N) is 2. The number of halogens is 1. The third-order valence-corrected chi connectivity index (χ3v) is 6.24. The molecule has 2 N–H and O–H groups in total. The Kier molecular flexibility index (Phi) is 3.77. The van der Waals surface area contributed by atoms with Gasteiger partial charge in [-0.3, -0.25) is 29.4 Å². The molecule has 0 bridgehead atoms. The zero-order chi connectivity index (χ0) is 19.6. The SMILES string of the molecule is O=C1CCC(N2C(=O)c3cc(F)c(N4CC5CNCC5C4)cc3C2=O)C(=O)N1. The van der Waals surface area contributed by atoms with E-state index in [-0.39, 0.29) is 24.0 Å². The van der Waals surface area contributed by atoms with Gasteiger partial charge in [0, 0.05) is 32.6 Å². The average Bonchev–Trinajstić information content (AvgIpc) is 3.30.